The minimum absolute atomic E-state index is 0.00903. The molecule has 4 fully saturated rings. The summed E-state index contributed by atoms with van der Waals surface area (Å²) >= 11 is 0. The molecule has 4 saturated carbocycles. The van der Waals surface area contributed by atoms with E-state index >= 15 is 0 Å². The van der Waals surface area contributed by atoms with E-state index in [9.17, 15) is 9.59 Å². The molecule has 0 aromatic rings. The second-order valence-electron chi connectivity index (χ2n) is 5.84. The Morgan fingerprint density at radius 2 is 1.89 bits per heavy atom. The molecule has 4 heteroatoms. The first-order chi connectivity index (χ1) is 8.62. The van der Waals surface area contributed by atoms with Crippen LogP contribution < -0.4 is 0 Å². The second kappa shape index (κ2) is 3.87. The fraction of sp³-hybridized carbons (Fsp3) is 0.857. The van der Waals surface area contributed by atoms with Gasteiger partial charge in [0.25, 0.3) is 0 Å². The monoisotopic (exact) mass is 252 g/mol. The number of hydrogen-bond acceptors (Lipinski definition) is 4. The van der Waals surface area contributed by atoms with Gasteiger partial charge >= 0.3 is 0 Å². The highest BCUT2D eigenvalue weighted by Gasteiger charge is 2.72. The van der Waals surface area contributed by atoms with E-state index in [-0.39, 0.29) is 23.4 Å². The summed E-state index contributed by atoms with van der Waals surface area (Å²) < 4.78 is 11.0. The number of ketones is 2. The summed E-state index contributed by atoms with van der Waals surface area (Å²) in [7, 11) is 2.99. The quantitative estimate of drug-likeness (QED) is 0.702. The van der Waals surface area contributed by atoms with Crippen molar-refractivity contribution in [2.75, 3.05) is 14.2 Å². The third-order valence-electron chi connectivity index (χ3n) is 5.46. The Morgan fingerprint density at radius 3 is 2.56 bits per heavy atom. The van der Waals surface area contributed by atoms with Gasteiger partial charge in [-0.3, -0.25) is 9.59 Å². The molecule has 1 unspecified atom stereocenters. The Bertz CT molecular complexity index is 399. The topological polar surface area (TPSA) is 52.6 Å². The molecule has 4 aliphatic rings. The maximum absolute atomic E-state index is 12.6. The van der Waals surface area contributed by atoms with Crippen LogP contribution in [0.1, 0.15) is 38.5 Å². The van der Waals surface area contributed by atoms with E-state index in [0.29, 0.717) is 6.42 Å². The SMILES string of the molecule is COC1(OC)C(=O)[C@H]2CC[C@@]13C(=O)CCCC3C2. The van der Waals surface area contributed by atoms with E-state index in [1.165, 1.54) is 14.2 Å². The highest BCUT2D eigenvalue weighted by atomic mass is 16.7. The first-order valence-electron chi connectivity index (χ1n) is 6.80. The Kier molecular flexibility index (Phi) is 2.65. The molecule has 0 aromatic carbocycles. The van der Waals surface area contributed by atoms with Gasteiger partial charge in [0, 0.05) is 26.6 Å². The molecule has 0 radical (unpaired) electrons. The number of hydrogen-bond donors (Lipinski definition) is 0. The van der Waals surface area contributed by atoms with Crippen LogP contribution in [0.5, 0.6) is 0 Å². The van der Waals surface area contributed by atoms with Crippen LogP contribution in [0.15, 0.2) is 0 Å². The van der Waals surface area contributed by atoms with E-state index in [2.05, 4.69) is 0 Å². The van der Waals surface area contributed by atoms with E-state index < -0.39 is 11.2 Å². The van der Waals surface area contributed by atoms with Crippen molar-refractivity contribution in [3.63, 3.8) is 0 Å². The fourth-order valence-electron chi connectivity index (χ4n) is 4.72. The Hall–Kier alpha value is -0.740. The molecule has 0 heterocycles. The van der Waals surface area contributed by atoms with E-state index in [1.54, 1.807) is 0 Å². The van der Waals surface area contributed by atoms with Gasteiger partial charge < -0.3 is 9.47 Å². The Morgan fingerprint density at radius 1 is 1.17 bits per heavy atom. The predicted octanol–water partition coefficient (Wildman–Crippen LogP) is 1.71. The highest BCUT2D eigenvalue weighted by Crippen LogP contribution is 2.62. The first-order valence-corrected chi connectivity index (χ1v) is 6.80. The number of ether oxygens (including phenoxy) is 2. The molecule has 4 rings (SSSR count). The number of rotatable bonds is 2. The Balaban J connectivity index is 2.17. The number of carbonyl (C=O) groups excluding carboxylic acids is 2. The number of methoxy groups -OCH3 is 2. The maximum atomic E-state index is 12.6. The molecule has 0 N–H and O–H groups in total. The predicted molar refractivity (Wildman–Crippen MR) is 63.9 cm³/mol. The van der Waals surface area contributed by atoms with Crippen molar-refractivity contribution in [2.45, 2.75) is 44.3 Å². The lowest BCUT2D eigenvalue weighted by atomic mass is 9.46. The second-order valence-corrected chi connectivity index (χ2v) is 5.84. The van der Waals surface area contributed by atoms with Crippen molar-refractivity contribution in [1.82, 2.24) is 0 Å². The van der Waals surface area contributed by atoms with Gasteiger partial charge in [-0.1, -0.05) is 0 Å². The smallest absolute Gasteiger partial charge is 0.241 e. The normalized spacial score (nSPS) is 41.9. The highest BCUT2D eigenvalue weighted by molar-refractivity contribution is 6.00. The summed E-state index contributed by atoms with van der Waals surface area (Å²) in [6.45, 7) is 0. The lowest BCUT2D eigenvalue weighted by Gasteiger charge is -2.60. The molecular weight excluding hydrogens is 232 g/mol. The van der Waals surface area contributed by atoms with Gasteiger partial charge in [0.05, 0.1) is 5.41 Å². The average Bonchev–Trinajstić information content (AvgIpc) is 2.40. The van der Waals surface area contributed by atoms with E-state index in [4.69, 9.17) is 9.47 Å². The minimum Gasteiger partial charge on any atom is -0.346 e. The van der Waals surface area contributed by atoms with Gasteiger partial charge in [-0.25, -0.2) is 0 Å². The summed E-state index contributed by atoms with van der Waals surface area (Å²) in [5.74, 6) is -0.868. The maximum Gasteiger partial charge on any atom is 0.241 e. The molecule has 18 heavy (non-hydrogen) atoms. The van der Waals surface area contributed by atoms with Crippen molar-refractivity contribution < 1.29 is 19.1 Å². The van der Waals surface area contributed by atoms with Crippen LogP contribution in [0.3, 0.4) is 0 Å². The number of carbonyl (C=O) groups is 2. The molecule has 1 spiro atoms. The third-order valence-corrected chi connectivity index (χ3v) is 5.46. The van der Waals surface area contributed by atoms with Crippen LogP contribution in [0.25, 0.3) is 0 Å². The van der Waals surface area contributed by atoms with Gasteiger partial charge in [0.1, 0.15) is 5.78 Å². The molecule has 0 aromatic heterocycles. The van der Waals surface area contributed by atoms with Crippen molar-refractivity contribution in [1.29, 1.82) is 0 Å². The van der Waals surface area contributed by atoms with Crippen LogP contribution >= 0.6 is 0 Å². The third kappa shape index (κ3) is 1.14. The fourth-order valence-corrected chi connectivity index (χ4v) is 4.72. The summed E-state index contributed by atoms with van der Waals surface area (Å²) in [5, 5.41) is 0. The van der Waals surface area contributed by atoms with Crippen molar-refractivity contribution in [3.8, 4) is 0 Å². The summed E-state index contributed by atoms with van der Waals surface area (Å²) in [5.41, 5.74) is -0.708. The lowest BCUT2D eigenvalue weighted by molar-refractivity contribution is -0.293. The molecule has 0 amide bonds. The largest absolute Gasteiger partial charge is 0.346 e. The van der Waals surface area contributed by atoms with Crippen LogP contribution in [-0.2, 0) is 19.1 Å². The van der Waals surface area contributed by atoms with Gasteiger partial charge in [0.15, 0.2) is 5.78 Å². The van der Waals surface area contributed by atoms with Crippen molar-refractivity contribution in [3.05, 3.63) is 0 Å². The Labute approximate surface area is 107 Å². The summed E-state index contributed by atoms with van der Waals surface area (Å²) in [4.78, 5) is 25.1. The number of Topliss-reactive ketones (excluding diaryl/α,β-unsaturated/α-hetero) is 2. The molecule has 2 bridgehead atoms. The molecular formula is C14H20O4. The van der Waals surface area contributed by atoms with E-state index in [0.717, 1.165) is 32.1 Å². The van der Waals surface area contributed by atoms with Gasteiger partial charge in [-0.05, 0) is 38.0 Å². The molecule has 3 atom stereocenters. The number of fused-ring (bicyclic) bond motifs is 2. The summed E-state index contributed by atoms with van der Waals surface area (Å²) in [6.07, 6.45) is 4.92. The van der Waals surface area contributed by atoms with Gasteiger partial charge in [0.2, 0.25) is 5.79 Å². The summed E-state index contributed by atoms with van der Waals surface area (Å²) in [6, 6.07) is 0. The zero-order chi connectivity index (χ0) is 13.0. The molecule has 4 nitrogen and oxygen atoms in total. The van der Waals surface area contributed by atoms with Crippen LogP contribution in [0.4, 0.5) is 0 Å². The van der Waals surface area contributed by atoms with Crippen LogP contribution in [-0.4, -0.2) is 31.6 Å². The van der Waals surface area contributed by atoms with Gasteiger partial charge in [-0.15, -0.1) is 0 Å². The standard InChI is InChI=1S/C14H20O4/c1-17-14(18-2)12(16)9-6-7-13(14)10(8-9)4-3-5-11(13)15/h9-10H,3-8H2,1-2H3/t9-,10?,13+/m0/s1. The minimum atomic E-state index is -1.31. The van der Waals surface area contributed by atoms with Gasteiger partial charge in [-0.2, -0.15) is 0 Å². The lowest BCUT2D eigenvalue weighted by Crippen LogP contribution is -2.71. The van der Waals surface area contributed by atoms with Crippen LogP contribution in [0.2, 0.25) is 0 Å². The van der Waals surface area contributed by atoms with Crippen molar-refractivity contribution in [2.24, 2.45) is 17.3 Å². The average molecular weight is 252 g/mol. The first kappa shape index (κ1) is 12.3. The molecule has 4 aliphatic carbocycles. The zero-order valence-electron chi connectivity index (χ0n) is 11.0. The zero-order valence-corrected chi connectivity index (χ0v) is 11.0. The molecule has 0 aliphatic heterocycles. The van der Waals surface area contributed by atoms with Crippen LogP contribution in [0, 0.1) is 17.3 Å². The van der Waals surface area contributed by atoms with Crippen molar-refractivity contribution >= 4 is 11.6 Å². The molecule has 0 saturated heterocycles. The molecule has 100 valence electrons. The van der Waals surface area contributed by atoms with E-state index in [1.807, 2.05) is 0 Å².